The Balaban J connectivity index is 3.53. The Morgan fingerprint density at radius 1 is 0.329 bits per heavy atom. The van der Waals surface area contributed by atoms with Gasteiger partial charge in [0.05, 0.1) is 6.61 Å². The van der Waals surface area contributed by atoms with Crippen LogP contribution in [-0.4, -0.2) is 36.4 Å². The van der Waals surface area contributed by atoms with E-state index in [4.69, 9.17) is 9.47 Å². The molecular formula is C65H106O5. The van der Waals surface area contributed by atoms with Crippen molar-refractivity contribution in [3.8, 4) is 0 Å². The monoisotopic (exact) mass is 967 g/mol. The van der Waals surface area contributed by atoms with Crippen LogP contribution in [0.1, 0.15) is 245 Å². The molecule has 396 valence electrons. The van der Waals surface area contributed by atoms with Gasteiger partial charge in [0.2, 0.25) is 0 Å². The Labute approximate surface area is 432 Å². The molecule has 1 N–H and O–H groups in total. The number of aliphatic hydroxyl groups is 1. The normalized spacial score (nSPS) is 13.2. The molecule has 0 radical (unpaired) electrons. The summed E-state index contributed by atoms with van der Waals surface area (Å²) in [4.78, 5) is 24.5. The Kier molecular flexibility index (Phi) is 56.0. The number of carbonyl (C=O) groups is 2. The molecule has 0 aromatic rings. The van der Waals surface area contributed by atoms with Crippen molar-refractivity contribution in [1.29, 1.82) is 0 Å². The zero-order valence-corrected chi connectivity index (χ0v) is 45.2. The molecule has 0 amide bonds. The summed E-state index contributed by atoms with van der Waals surface area (Å²) in [5.74, 6) is -0.616. The maximum Gasteiger partial charge on any atom is 0.306 e. The Bertz CT molecular complexity index is 1470. The van der Waals surface area contributed by atoms with Crippen LogP contribution < -0.4 is 0 Å². The quantitative estimate of drug-likeness (QED) is 0.0374. The van der Waals surface area contributed by atoms with Crippen LogP contribution in [0.25, 0.3) is 0 Å². The van der Waals surface area contributed by atoms with E-state index in [2.05, 4.69) is 148 Å². The number of ether oxygens (including phenoxy) is 2. The highest BCUT2D eigenvalue weighted by atomic mass is 16.6. The molecule has 0 saturated heterocycles. The number of rotatable bonds is 51. The molecule has 0 aromatic carbocycles. The van der Waals surface area contributed by atoms with Gasteiger partial charge in [0.25, 0.3) is 0 Å². The minimum atomic E-state index is -0.789. The van der Waals surface area contributed by atoms with Crippen LogP contribution >= 0.6 is 0 Å². The average molecular weight is 968 g/mol. The Morgan fingerprint density at radius 3 is 0.857 bits per heavy atom. The van der Waals surface area contributed by atoms with Crippen LogP contribution in [0, 0.1) is 0 Å². The minimum absolute atomic E-state index is 0.0822. The van der Waals surface area contributed by atoms with Gasteiger partial charge in [-0.3, -0.25) is 9.59 Å². The fourth-order valence-corrected chi connectivity index (χ4v) is 7.70. The lowest BCUT2D eigenvalue weighted by atomic mass is 10.0. The average Bonchev–Trinajstić information content (AvgIpc) is 3.36. The molecule has 5 heteroatoms. The van der Waals surface area contributed by atoms with Gasteiger partial charge in [0.15, 0.2) is 6.10 Å². The van der Waals surface area contributed by atoms with Crippen molar-refractivity contribution in [2.75, 3.05) is 13.2 Å². The van der Waals surface area contributed by atoms with Crippen molar-refractivity contribution in [2.24, 2.45) is 0 Å². The van der Waals surface area contributed by atoms with Gasteiger partial charge >= 0.3 is 11.9 Å². The van der Waals surface area contributed by atoms with Gasteiger partial charge in [-0.2, -0.15) is 0 Å². The molecule has 0 fully saturated rings. The van der Waals surface area contributed by atoms with E-state index in [-0.39, 0.29) is 25.2 Å². The fourth-order valence-electron chi connectivity index (χ4n) is 7.70. The Hall–Kier alpha value is -3.96. The first-order valence-electron chi connectivity index (χ1n) is 28.7. The van der Waals surface area contributed by atoms with Crippen molar-refractivity contribution >= 4 is 11.9 Å². The summed E-state index contributed by atoms with van der Waals surface area (Å²) < 4.78 is 10.7. The summed E-state index contributed by atoms with van der Waals surface area (Å²) in [5, 5.41) is 9.65. The van der Waals surface area contributed by atoms with E-state index in [0.717, 1.165) is 128 Å². The van der Waals surface area contributed by atoms with Crippen LogP contribution in [-0.2, 0) is 19.1 Å². The molecule has 0 aliphatic rings. The lowest BCUT2D eigenvalue weighted by Gasteiger charge is -2.15. The van der Waals surface area contributed by atoms with Crippen LogP contribution in [0.3, 0.4) is 0 Å². The summed E-state index contributed by atoms with van der Waals surface area (Å²) in [6.07, 6.45) is 88.5. The molecule has 0 heterocycles. The summed E-state index contributed by atoms with van der Waals surface area (Å²) in [6.45, 7) is 3.90. The van der Waals surface area contributed by atoms with E-state index >= 15 is 0 Å². The number of aliphatic hydroxyl groups excluding tert-OH is 1. The van der Waals surface area contributed by atoms with Crippen molar-refractivity contribution in [3.63, 3.8) is 0 Å². The first-order chi connectivity index (χ1) is 34.6. The molecule has 1 atom stereocenters. The zero-order chi connectivity index (χ0) is 50.6. The molecule has 0 spiro atoms. The largest absolute Gasteiger partial charge is 0.462 e. The number of hydrogen-bond donors (Lipinski definition) is 1. The smallest absolute Gasteiger partial charge is 0.306 e. The second-order valence-electron chi connectivity index (χ2n) is 18.6. The van der Waals surface area contributed by atoms with Crippen molar-refractivity contribution in [3.05, 3.63) is 134 Å². The molecule has 0 aliphatic heterocycles. The standard InChI is InChI=1S/C65H106O5/c1-3-5-7-9-11-13-15-17-19-21-23-25-26-27-28-29-30-31-32-33-34-35-36-37-38-40-42-44-46-48-50-52-54-56-58-60-65(68)70-63(61-66)62-69-64(67)59-57-55-53-51-49-47-45-43-41-39-24-22-20-18-16-14-12-10-8-6-4-2/h5-8,11-14,17-20,23-25,27-28,30-31,39,43,45,63,66H,3-4,9-10,15-16,21-22,26,29,32-38,40-42,44,46-62H2,1-2H3/b7-5-,8-6-,13-11-,14-12-,19-17-,20-18-,25-23-,28-27-,31-30-,39-24-,45-43-. The number of esters is 2. The topological polar surface area (TPSA) is 72.8 Å². The molecule has 0 rings (SSSR count). The number of carbonyl (C=O) groups excluding carboxylic acids is 2. The lowest BCUT2D eigenvalue weighted by molar-refractivity contribution is -0.161. The lowest BCUT2D eigenvalue weighted by Crippen LogP contribution is -2.28. The summed E-state index contributed by atoms with van der Waals surface area (Å²) in [6, 6.07) is 0. The second-order valence-corrected chi connectivity index (χ2v) is 18.6. The van der Waals surface area contributed by atoms with Gasteiger partial charge in [-0.05, 0) is 109 Å². The first kappa shape index (κ1) is 66.0. The minimum Gasteiger partial charge on any atom is -0.462 e. The third kappa shape index (κ3) is 56.6. The molecule has 0 bridgehead atoms. The summed E-state index contributed by atoms with van der Waals surface area (Å²) in [5.41, 5.74) is 0. The van der Waals surface area contributed by atoms with Crippen molar-refractivity contribution in [2.45, 2.75) is 251 Å². The van der Waals surface area contributed by atoms with Gasteiger partial charge in [-0.1, -0.05) is 257 Å². The zero-order valence-electron chi connectivity index (χ0n) is 45.2. The van der Waals surface area contributed by atoms with Crippen molar-refractivity contribution in [1.82, 2.24) is 0 Å². The third-order valence-corrected chi connectivity index (χ3v) is 11.9. The number of hydrogen-bond acceptors (Lipinski definition) is 5. The van der Waals surface area contributed by atoms with Crippen LogP contribution in [0.5, 0.6) is 0 Å². The highest BCUT2D eigenvalue weighted by molar-refractivity contribution is 5.70. The molecule has 0 aromatic heterocycles. The highest BCUT2D eigenvalue weighted by Gasteiger charge is 2.16. The van der Waals surface area contributed by atoms with E-state index in [9.17, 15) is 14.7 Å². The van der Waals surface area contributed by atoms with Gasteiger partial charge in [-0.15, -0.1) is 0 Å². The summed E-state index contributed by atoms with van der Waals surface area (Å²) in [7, 11) is 0. The van der Waals surface area contributed by atoms with Gasteiger partial charge < -0.3 is 14.6 Å². The second kappa shape index (κ2) is 59.3. The van der Waals surface area contributed by atoms with Gasteiger partial charge in [-0.25, -0.2) is 0 Å². The molecule has 0 aliphatic carbocycles. The van der Waals surface area contributed by atoms with Crippen LogP contribution in [0.4, 0.5) is 0 Å². The predicted octanol–water partition coefficient (Wildman–Crippen LogP) is 19.6. The van der Waals surface area contributed by atoms with Gasteiger partial charge in [0, 0.05) is 12.8 Å². The molecule has 5 nitrogen and oxygen atoms in total. The molecular weight excluding hydrogens is 861 g/mol. The highest BCUT2D eigenvalue weighted by Crippen LogP contribution is 2.15. The predicted molar refractivity (Wildman–Crippen MR) is 306 cm³/mol. The summed E-state index contributed by atoms with van der Waals surface area (Å²) >= 11 is 0. The molecule has 0 saturated carbocycles. The van der Waals surface area contributed by atoms with E-state index in [1.54, 1.807) is 0 Å². The van der Waals surface area contributed by atoms with Crippen molar-refractivity contribution < 1.29 is 24.2 Å². The number of unbranched alkanes of at least 4 members (excludes halogenated alkanes) is 21. The molecule has 1 unspecified atom stereocenters. The third-order valence-electron chi connectivity index (χ3n) is 11.9. The number of allylic oxidation sites excluding steroid dienone is 22. The fraction of sp³-hybridized carbons (Fsp3) is 0.631. The first-order valence-corrected chi connectivity index (χ1v) is 28.7. The van der Waals surface area contributed by atoms with Gasteiger partial charge in [0.1, 0.15) is 6.61 Å². The maximum absolute atomic E-state index is 12.3. The Morgan fingerprint density at radius 2 is 0.571 bits per heavy atom. The van der Waals surface area contributed by atoms with E-state index < -0.39 is 6.10 Å². The maximum atomic E-state index is 12.3. The van der Waals surface area contributed by atoms with E-state index in [0.29, 0.717) is 12.8 Å². The molecule has 70 heavy (non-hydrogen) atoms. The SMILES string of the molecule is CC/C=C\C/C=C\C/C=C\C/C=C\C/C=C\C/C=C\CCCCCCCCCCCCCCCCCCC(=O)OC(CO)COC(=O)CCCCCCC/C=C\C/C=C\C/C=C\C/C=C\C/C=C\CC. The van der Waals surface area contributed by atoms with E-state index in [1.807, 2.05) is 0 Å². The van der Waals surface area contributed by atoms with E-state index in [1.165, 1.54) is 89.9 Å². The van der Waals surface area contributed by atoms with Crippen LogP contribution in [0.15, 0.2) is 134 Å². The van der Waals surface area contributed by atoms with Crippen LogP contribution in [0.2, 0.25) is 0 Å².